The first kappa shape index (κ1) is 15.0. The number of hydrogen-bond acceptors (Lipinski definition) is 2. The molecule has 2 rings (SSSR count). The van der Waals surface area contributed by atoms with Gasteiger partial charge in [0.15, 0.2) is 0 Å². The molecule has 0 saturated heterocycles. The van der Waals surface area contributed by atoms with E-state index in [0.717, 1.165) is 38.8 Å². The molecule has 3 nitrogen and oxygen atoms in total. The maximum absolute atomic E-state index is 10.9. The number of aliphatic carboxylic acids is 1. The van der Waals surface area contributed by atoms with Gasteiger partial charge in [-0.2, -0.15) is 0 Å². The lowest BCUT2D eigenvalue weighted by molar-refractivity contribution is -0.143. The molecule has 1 saturated carbocycles. The number of carboxylic acids is 1. The molecule has 110 valence electrons. The zero-order valence-corrected chi connectivity index (χ0v) is 12.5. The van der Waals surface area contributed by atoms with E-state index in [1.807, 2.05) is 0 Å². The van der Waals surface area contributed by atoms with Gasteiger partial charge >= 0.3 is 5.97 Å². The van der Waals surface area contributed by atoms with Crippen molar-refractivity contribution in [2.75, 3.05) is 6.54 Å². The highest BCUT2D eigenvalue weighted by atomic mass is 16.4. The van der Waals surface area contributed by atoms with Gasteiger partial charge in [0.05, 0.1) is 5.92 Å². The van der Waals surface area contributed by atoms with Crippen molar-refractivity contribution in [1.82, 2.24) is 5.32 Å². The van der Waals surface area contributed by atoms with Gasteiger partial charge in [0.2, 0.25) is 0 Å². The molecule has 0 bridgehead atoms. The van der Waals surface area contributed by atoms with E-state index >= 15 is 0 Å². The highest BCUT2D eigenvalue weighted by molar-refractivity contribution is 5.69. The van der Waals surface area contributed by atoms with Gasteiger partial charge in [-0.1, -0.05) is 29.3 Å². The second-order valence-electron chi connectivity index (χ2n) is 6.18. The first-order valence-electron chi connectivity index (χ1n) is 7.55. The Kier molecular flexibility index (Phi) is 5.18. The molecule has 2 N–H and O–H groups in total. The number of benzene rings is 1. The molecule has 0 amide bonds. The van der Waals surface area contributed by atoms with Crippen molar-refractivity contribution in [3.63, 3.8) is 0 Å². The van der Waals surface area contributed by atoms with Gasteiger partial charge in [-0.3, -0.25) is 4.79 Å². The van der Waals surface area contributed by atoms with Gasteiger partial charge < -0.3 is 10.4 Å². The summed E-state index contributed by atoms with van der Waals surface area (Å²) in [4.78, 5) is 10.9. The third-order valence-electron chi connectivity index (χ3n) is 4.24. The molecule has 1 aliphatic rings. The fourth-order valence-corrected chi connectivity index (χ4v) is 3.21. The number of nitrogens with one attached hydrogen (secondary N) is 1. The lowest BCUT2D eigenvalue weighted by atomic mass is 9.82. The minimum Gasteiger partial charge on any atom is -0.481 e. The number of carboxylic acid groups (broad SMARTS) is 1. The van der Waals surface area contributed by atoms with Crippen LogP contribution in [0.5, 0.6) is 0 Å². The number of rotatable bonds is 5. The van der Waals surface area contributed by atoms with Crippen molar-refractivity contribution in [1.29, 1.82) is 0 Å². The van der Waals surface area contributed by atoms with Crippen molar-refractivity contribution in [3.8, 4) is 0 Å². The largest absolute Gasteiger partial charge is 0.481 e. The summed E-state index contributed by atoms with van der Waals surface area (Å²) in [7, 11) is 0. The Labute approximate surface area is 121 Å². The van der Waals surface area contributed by atoms with Gasteiger partial charge in [0.1, 0.15) is 0 Å². The minimum absolute atomic E-state index is 0.106. The van der Waals surface area contributed by atoms with Crippen LogP contribution in [0.25, 0.3) is 0 Å². The molecule has 1 fully saturated rings. The normalized spacial score (nSPS) is 22.7. The van der Waals surface area contributed by atoms with Crippen molar-refractivity contribution in [2.24, 2.45) is 11.8 Å². The van der Waals surface area contributed by atoms with E-state index in [-0.39, 0.29) is 5.92 Å². The summed E-state index contributed by atoms with van der Waals surface area (Å²) < 4.78 is 0. The Hall–Kier alpha value is -1.35. The van der Waals surface area contributed by atoms with E-state index in [1.165, 1.54) is 16.7 Å². The van der Waals surface area contributed by atoms with E-state index in [2.05, 4.69) is 37.4 Å². The summed E-state index contributed by atoms with van der Waals surface area (Å²) in [6, 6.07) is 6.64. The second kappa shape index (κ2) is 6.89. The summed E-state index contributed by atoms with van der Waals surface area (Å²) in [5.41, 5.74) is 3.95. The molecule has 1 aromatic rings. The zero-order valence-electron chi connectivity index (χ0n) is 12.5. The molecular formula is C17H25NO2. The first-order valence-corrected chi connectivity index (χ1v) is 7.55. The molecule has 3 heteroatoms. The molecule has 1 aromatic carbocycles. The molecule has 0 unspecified atom stereocenters. The first-order chi connectivity index (χ1) is 9.54. The molecule has 0 heterocycles. The van der Waals surface area contributed by atoms with Crippen LogP contribution in [0.2, 0.25) is 0 Å². The van der Waals surface area contributed by atoms with Crippen LogP contribution in [0, 0.1) is 25.7 Å². The van der Waals surface area contributed by atoms with Crippen LogP contribution in [-0.4, -0.2) is 17.6 Å². The Balaban J connectivity index is 1.73. The predicted octanol–water partition coefficient (Wildman–Crippen LogP) is 3.28. The Morgan fingerprint density at radius 2 is 1.75 bits per heavy atom. The average Bonchev–Trinajstić information content (AvgIpc) is 2.38. The summed E-state index contributed by atoms with van der Waals surface area (Å²) in [5, 5.41) is 12.5. The van der Waals surface area contributed by atoms with Gasteiger partial charge in [-0.25, -0.2) is 0 Å². The van der Waals surface area contributed by atoms with Gasteiger partial charge in [-0.15, -0.1) is 0 Å². The highest BCUT2D eigenvalue weighted by Crippen LogP contribution is 2.28. The smallest absolute Gasteiger partial charge is 0.306 e. The van der Waals surface area contributed by atoms with E-state index in [4.69, 9.17) is 5.11 Å². The van der Waals surface area contributed by atoms with Crippen molar-refractivity contribution in [3.05, 3.63) is 34.9 Å². The molecule has 1 aliphatic carbocycles. The topological polar surface area (TPSA) is 49.3 Å². The molecular weight excluding hydrogens is 250 g/mol. The van der Waals surface area contributed by atoms with Gasteiger partial charge in [0.25, 0.3) is 0 Å². The lowest BCUT2D eigenvalue weighted by Gasteiger charge is -2.26. The number of aryl methyl sites for hydroxylation is 2. The molecule has 20 heavy (non-hydrogen) atoms. The summed E-state index contributed by atoms with van der Waals surface area (Å²) in [6.45, 7) is 6.16. The van der Waals surface area contributed by atoms with Crippen LogP contribution in [0.4, 0.5) is 0 Å². The van der Waals surface area contributed by atoms with E-state index in [1.54, 1.807) is 0 Å². The van der Waals surface area contributed by atoms with Crippen LogP contribution >= 0.6 is 0 Å². The maximum Gasteiger partial charge on any atom is 0.306 e. The third kappa shape index (κ3) is 4.34. The third-order valence-corrected chi connectivity index (χ3v) is 4.24. The van der Waals surface area contributed by atoms with Crippen molar-refractivity contribution < 1.29 is 9.90 Å². The van der Waals surface area contributed by atoms with Crippen LogP contribution in [0.15, 0.2) is 18.2 Å². The van der Waals surface area contributed by atoms with Crippen LogP contribution in [-0.2, 0) is 11.3 Å². The molecule has 0 atom stereocenters. The van der Waals surface area contributed by atoms with Crippen molar-refractivity contribution in [2.45, 2.75) is 46.1 Å². The van der Waals surface area contributed by atoms with Crippen LogP contribution in [0.1, 0.15) is 42.4 Å². The number of hydrogen-bond donors (Lipinski definition) is 2. The minimum atomic E-state index is -0.619. The Morgan fingerprint density at radius 3 is 2.30 bits per heavy atom. The average molecular weight is 275 g/mol. The molecule has 0 aromatic heterocycles. The van der Waals surface area contributed by atoms with E-state index < -0.39 is 5.97 Å². The second-order valence-corrected chi connectivity index (χ2v) is 6.18. The van der Waals surface area contributed by atoms with E-state index in [9.17, 15) is 4.79 Å². The Morgan fingerprint density at radius 1 is 1.15 bits per heavy atom. The highest BCUT2D eigenvalue weighted by Gasteiger charge is 2.25. The molecule has 0 radical (unpaired) electrons. The van der Waals surface area contributed by atoms with E-state index in [0.29, 0.717) is 5.92 Å². The summed E-state index contributed by atoms with van der Waals surface area (Å²) in [5.74, 6) is -0.0891. The fraction of sp³-hybridized carbons (Fsp3) is 0.588. The van der Waals surface area contributed by atoms with Gasteiger partial charge in [0, 0.05) is 6.54 Å². The SMILES string of the molecule is Cc1cc(C)cc(CNCC2CCC(C(=O)O)CC2)c1. The molecule has 0 aliphatic heterocycles. The maximum atomic E-state index is 10.9. The lowest BCUT2D eigenvalue weighted by Crippen LogP contribution is -2.28. The number of carbonyl (C=O) groups is 1. The summed E-state index contributed by atoms with van der Waals surface area (Å²) in [6.07, 6.45) is 3.75. The quantitative estimate of drug-likeness (QED) is 0.867. The standard InChI is InChI=1S/C17H25NO2/c1-12-7-13(2)9-15(8-12)11-18-10-14-3-5-16(6-4-14)17(19)20/h7-9,14,16,18H,3-6,10-11H2,1-2H3,(H,19,20). The zero-order chi connectivity index (χ0) is 14.5. The van der Waals surface area contributed by atoms with Crippen LogP contribution in [0.3, 0.4) is 0 Å². The van der Waals surface area contributed by atoms with Crippen molar-refractivity contribution >= 4 is 5.97 Å². The fourth-order valence-electron chi connectivity index (χ4n) is 3.21. The van der Waals surface area contributed by atoms with Gasteiger partial charge in [-0.05, 0) is 57.6 Å². The summed E-state index contributed by atoms with van der Waals surface area (Å²) >= 11 is 0. The Bertz CT molecular complexity index is 442. The monoisotopic (exact) mass is 275 g/mol. The molecule has 0 spiro atoms. The van der Waals surface area contributed by atoms with Crippen LogP contribution < -0.4 is 5.32 Å². The predicted molar refractivity (Wildman–Crippen MR) is 80.7 cm³/mol.